The smallest absolute Gasteiger partial charge is 0.00869 e. The molecule has 3 rings (SSSR count). The second-order valence-electron chi connectivity index (χ2n) is 8.87. The van der Waals surface area contributed by atoms with E-state index >= 15 is 0 Å². The lowest BCUT2D eigenvalue weighted by molar-refractivity contribution is 0.555. The van der Waals surface area contributed by atoms with Gasteiger partial charge in [-0.05, 0) is 73.5 Å². The van der Waals surface area contributed by atoms with Crippen molar-refractivity contribution in [1.29, 1.82) is 0 Å². The van der Waals surface area contributed by atoms with Crippen molar-refractivity contribution in [2.75, 3.05) is 0 Å². The van der Waals surface area contributed by atoms with Gasteiger partial charge in [0.2, 0.25) is 0 Å². The lowest BCUT2D eigenvalue weighted by atomic mass is 9.85. The molecule has 1 aromatic rings. The van der Waals surface area contributed by atoms with E-state index in [0.717, 1.165) is 25.7 Å². The van der Waals surface area contributed by atoms with Crippen molar-refractivity contribution in [3.8, 4) is 0 Å². The zero-order valence-electron chi connectivity index (χ0n) is 19.1. The van der Waals surface area contributed by atoms with Crippen LogP contribution in [0.3, 0.4) is 0 Å². The SMILES string of the molecule is C=CC1=CC=CCC1CCC(=C)CCCC(C)c1ccccc1CC1=CC=CC=C[CH]1. The van der Waals surface area contributed by atoms with Crippen molar-refractivity contribution in [1.82, 2.24) is 0 Å². The maximum absolute atomic E-state index is 4.38. The summed E-state index contributed by atoms with van der Waals surface area (Å²) in [5, 5.41) is 0. The summed E-state index contributed by atoms with van der Waals surface area (Å²) in [6, 6.07) is 8.96. The van der Waals surface area contributed by atoms with E-state index in [0.29, 0.717) is 11.8 Å². The Labute approximate surface area is 190 Å². The first-order chi connectivity index (χ1) is 15.2. The van der Waals surface area contributed by atoms with E-state index in [2.05, 4.69) is 99.4 Å². The van der Waals surface area contributed by atoms with Crippen molar-refractivity contribution in [3.05, 3.63) is 126 Å². The molecule has 0 bridgehead atoms. The van der Waals surface area contributed by atoms with Gasteiger partial charge in [-0.25, -0.2) is 0 Å². The van der Waals surface area contributed by atoms with Gasteiger partial charge in [0.25, 0.3) is 0 Å². The molecule has 1 aromatic carbocycles. The van der Waals surface area contributed by atoms with Crippen molar-refractivity contribution >= 4 is 0 Å². The molecule has 0 aromatic heterocycles. The Kier molecular flexibility index (Phi) is 9.16. The fraction of sp³-hybridized carbons (Fsp3) is 0.323. The summed E-state index contributed by atoms with van der Waals surface area (Å²) in [4.78, 5) is 0. The van der Waals surface area contributed by atoms with E-state index in [1.54, 1.807) is 0 Å². The molecule has 0 fully saturated rings. The van der Waals surface area contributed by atoms with Gasteiger partial charge in [0, 0.05) is 6.42 Å². The average Bonchev–Trinajstić information content (AvgIpc) is 3.07. The van der Waals surface area contributed by atoms with E-state index in [-0.39, 0.29) is 0 Å². The van der Waals surface area contributed by atoms with Gasteiger partial charge in [-0.2, -0.15) is 0 Å². The molecule has 31 heavy (non-hydrogen) atoms. The maximum atomic E-state index is 4.38. The van der Waals surface area contributed by atoms with Crippen LogP contribution in [0.15, 0.2) is 109 Å². The first-order valence-corrected chi connectivity index (χ1v) is 11.8. The number of hydrogen-bond donors (Lipinski definition) is 0. The fourth-order valence-electron chi connectivity index (χ4n) is 4.59. The number of hydrogen-bond acceptors (Lipinski definition) is 0. The maximum Gasteiger partial charge on any atom is 0.00869 e. The largest absolute Gasteiger partial charge is 0.0999 e. The minimum atomic E-state index is 0.570. The van der Waals surface area contributed by atoms with E-state index in [4.69, 9.17) is 0 Å². The molecule has 2 aliphatic carbocycles. The highest BCUT2D eigenvalue weighted by Gasteiger charge is 2.14. The molecule has 0 N–H and O–H groups in total. The van der Waals surface area contributed by atoms with Gasteiger partial charge >= 0.3 is 0 Å². The van der Waals surface area contributed by atoms with Crippen LogP contribution in [-0.4, -0.2) is 0 Å². The van der Waals surface area contributed by atoms with Crippen LogP contribution >= 0.6 is 0 Å². The summed E-state index contributed by atoms with van der Waals surface area (Å²) in [5.41, 5.74) is 7.09. The first kappa shape index (κ1) is 23.1. The molecule has 1 radical (unpaired) electrons. The molecule has 0 heteroatoms. The van der Waals surface area contributed by atoms with Gasteiger partial charge in [0.15, 0.2) is 0 Å². The third-order valence-corrected chi connectivity index (χ3v) is 6.50. The quantitative estimate of drug-likeness (QED) is 0.320. The van der Waals surface area contributed by atoms with Crippen LogP contribution in [0.4, 0.5) is 0 Å². The Balaban J connectivity index is 1.46. The molecule has 2 unspecified atom stereocenters. The first-order valence-electron chi connectivity index (χ1n) is 11.8. The molecule has 0 amide bonds. The number of rotatable bonds is 11. The molecule has 0 spiro atoms. The highest BCUT2D eigenvalue weighted by Crippen LogP contribution is 2.30. The molecule has 161 valence electrons. The molecule has 0 saturated heterocycles. The molecular weight excluding hydrogens is 372 g/mol. The third kappa shape index (κ3) is 7.24. The van der Waals surface area contributed by atoms with Crippen LogP contribution < -0.4 is 0 Å². The van der Waals surface area contributed by atoms with Crippen LogP contribution in [0.1, 0.15) is 62.5 Å². The standard InChI is InChI=1S/C31H37/c1-4-28-18-9-10-19-29(28)23-22-25(2)14-13-15-26(3)31-21-12-11-20-30(31)24-27-16-7-5-6-8-17-27/h4-12,16-18,20-21,26,29H,1-2,13-15,19,22-24H2,3H3. The monoisotopic (exact) mass is 409 g/mol. The van der Waals surface area contributed by atoms with E-state index in [1.165, 1.54) is 47.1 Å². The van der Waals surface area contributed by atoms with Gasteiger partial charge in [0.05, 0.1) is 0 Å². The third-order valence-electron chi connectivity index (χ3n) is 6.50. The minimum absolute atomic E-state index is 0.570. The predicted octanol–water partition coefficient (Wildman–Crippen LogP) is 8.78. The molecule has 0 nitrogen and oxygen atoms in total. The van der Waals surface area contributed by atoms with Gasteiger partial charge in [-0.15, -0.1) is 0 Å². The molecule has 2 atom stereocenters. The van der Waals surface area contributed by atoms with Crippen LogP contribution in [-0.2, 0) is 6.42 Å². The summed E-state index contributed by atoms with van der Waals surface area (Å²) in [6.45, 7) is 10.7. The van der Waals surface area contributed by atoms with Crippen LogP contribution in [0.25, 0.3) is 0 Å². The predicted molar refractivity (Wildman–Crippen MR) is 137 cm³/mol. The molecule has 0 aliphatic heterocycles. The molecule has 0 saturated carbocycles. The highest BCUT2D eigenvalue weighted by atomic mass is 14.2. The van der Waals surface area contributed by atoms with Crippen molar-refractivity contribution in [3.63, 3.8) is 0 Å². The second kappa shape index (κ2) is 12.3. The Morgan fingerprint density at radius 3 is 2.77 bits per heavy atom. The Morgan fingerprint density at radius 2 is 1.90 bits per heavy atom. The summed E-state index contributed by atoms with van der Waals surface area (Å²) in [6.07, 6.45) is 29.5. The topological polar surface area (TPSA) is 0 Å². The summed E-state index contributed by atoms with van der Waals surface area (Å²) < 4.78 is 0. The minimum Gasteiger partial charge on any atom is -0.0999 e. The number of allylic oxidation sites excluding steroid dienone is 12. The fourth-order valence-corrected chi connectivity index (χ4v) is 4.59. The molecular formula is C31H37. The normalized spacial score (nSPS) is 18.8. The summed E-state index contributed by atoms with van der Waals surface area (Å²) in [5.74, 6) is 1.19. The summed E-state index contributed by atoms with van der Waals surface area (Å²) in [7, 11) is 0. The zero-order valence-corrected chi connectivity index (χ0v) is 19.1. The van der Waals surface area contributed by atoms with Crippen molar-refractivity contribution in [2.45, 2.75) is 57.8 Å². The lowest BCUT2D eigenvalue weighted by Crippen LogP contribution is -2.05. The van der Waals surface area contributed by atoms with Gasteiger partial charge in [-0.1, -0.05) is 110 Å². The van der Waals surface area contributed by atoms with Gasteiger partial charge in [-0.3, -0.25) is 0 Å². The molecule has 0 heterocycles. The Hall–Kier alpha value is -2.60. The number of benzene rings is 1. The van der Waals surface area contributed by atoms with E-state index in [1.807, 2.05) is 6.08 Å². The van der Waals surface area contributed by atoms with Crippen molar-refractivity contribution < 1.29 is 0 Å². The van der Waals surface area contributed by atoms with E-state index < -0.39 is 0 Å². The van der Waals surface area contributed by atoms with Crippen LogP contribution in [0.5, 0.6) is 0 Å². The Morgan fingerprint density at radius 1 is 1.06 bits per heavy atom. The van der Waals surface area contributed by atoms with Gasteiger partial charge < -0.3 is 0 Å². The second-order valence-corrected chi connectivity index (χ2v) is 8.87. The highest BCUT2D eigenvalue weighted by molar-refractivity contribution is 5.39. The van der Waals surface area contributed by atoms with Gasteiger partial charge in [0.1, 0.15) is 0 Å². The van der Waals surface area contributed by atoms with Crippen LogP contribution in [0, 0.1) is 12.3 Å². The summed E-state index contributed by atoms with van der Waals surface area (Å²) >= 11 is 0. The average molecular weight is 410 g/mol. The Bertz CT molecular complexity index is 900. The van der Waals surface area contributed by atoms with E-state index in [9.17, 15) is 0 Å². The van der Waals surface area contributed by atoms with Crippen molar-refractivity contribution in [2.24, 2.45) is 5.92 Å². The van der Waals surface area contributed by atoms with Crippen LogP contribution in [0.2, 0.25) is 0 Å². The lowest BCUT2D eigenvalue weighted by Gasteiger charge is -2.20. The molecule has 2 aliphatic rings. The zero-order chi connectivity index (χ0) is 21.9.